The quantitative estimate of drug-likeness (QED) is 0.855. The molecule has 0 bridgehead atoms. The van der Waals surface area contributed by atoms with Gasteiger partial charge in [-0.05, 0) is 19.4 Å². The minimum absolute atomic E-state index is 0.0240. The molecular weight excluding hydrogens is 298 g/mol. The van der Waals surface area contributed by atoms with E-state index >= 15 is 0 Å². The molecule has 1 atom stereocenters. The molecule has 1 amide bonds. The number of carbonyl (C=O) groups excluding carboxylic acids is 1. The van der Waals surface area contributed by atoms with Crippen molar-refractivity contribution in [2.24, 2.45) is 0 Å². The molecule has 0 spiro atoms. The van der Waals surface area contributed by atoms with Gasteiger partial charge < -0.3 is 5.32 Å². The standard InChI is InChI=1S/C13H14BrNOS/c1-9(6-7-14)15-13(16)11-8-17-12-5-3-2-4-10(11)12/h2-5,8-9H,6-7H2,1H3,(H,15,16). The summed E-state index contributed by atoms with van der Waals surface area (Å²) in [5.74, 6) is 0.0240. The van der Waals surface area contributed by atoms with Crippen LogP contribution in [0, 0.1) is 0 Å². The van der Waals surface area contributed by atoms with E-state index in [1.807, 2.05) is 36.6 Å². The van der Waals surface area contributed by atoms with Crippen molar-refractivity contribution < 1.29 is 4.79 Å². The molecule has 1 N–H and O–H groups in total. The van der Waals surface area contributed by atoms with Crippen molar-refractivity contribution in [3.05, 3.63) is 35.2 Å². The molecule has 0 saturated carbocycles. The van der Waals surface area contributed by atoms with Crippen LogP contribution in [0.15, 0.2) is 29.6 Å². The average Bonchev–Trinajstić information content (AvgIpc) is 2.72. The van der Waals surface area contributed by atoms with E-state index in [1.165, 1.54) is 0 Å². The normalized spacial score (nSPS) is 12.6. The zero-order chi connectivity index (χ0) is 12.3. The highest BCUT2D eigenvalue weighted by molar-refractivity contribution is 9.09. The maximum Gasteiger partial charge on any atom is 0.252 e. The SMILES string of the molecule is CC(CCBr)NC(=O)c1csc2ccccc12. The van der Waals surface area contributed by atoms with Crippen molar-refractivity contribution in [2.75, 3.05) is 5.33 Å². The van der Waals surface area contributed by atoms with E-state index in [1.54, 1.807) is 11.3 Å². The molecule has 0 fully saturated rings. The first-order valence-electron chi connectivity index (χ1n) is 5.55. The van der Waals surface area contributed by atoms with Gasteiger partial charge >= 0.3 is 0 Å². The summed E-state index contributed by atoms with van der Waals surface area (Å²) in [6, 6.07) is 8.19. The van der Waals surface area contributed by atoms with Crippen LogP contribution in [0.2, 0.25) is 0 Å². The summed E-state index contributed by atoms with van der Waals surface area (Å²) < 4.78 is 1.16. The van der Waals surface area contributed by atoms with Gasteiger partial charge in [0.05, 0.1) is 5.56 Å². The van der Waals surface area contributed by atoms with Crippen molar-refractivity contribution in [3.63, 3.8) is 0 Å². The van der Waals surface area contributed by atoms with Crippen LogP contribution in [0.3, 0.4) is 0 Å². The molecule has 1 heterocycles. The third-order valence-electron chi connectivity index (χ3n) is 2.65. The predicted molar refractivity (Wildman–Crippen MR) is 77.2 cm³/mol. The fourth-order valence-electron chi connectivity index (χ4n) is 1.69. The zero-order valence-corrected chi connectivity index (χ0v) is 12.0. The molecule has 1 aromatic carbocycles. The molecule has 1 aromatic heterocycles. The number of hydrogen-bond donors (Lipinski definition) is 1. The number of alkyl halides is 1. The van der Waals surface area contributed by atoms with Crippen molar-refractivity contribution in [3.8, 4) is 0 Å². The molecule has 2 aromatic rings. The maximum absolute atomic E-state index is 12.1. The van der Waals surface area contributed by atoms with Crippen LogP contribution in [0.5, 0.6) is 0 Å². The number of amides is 1. The second-order valence-electron chi connectivity index (χ2n) is 4.00. The van der Waals surface area contributed by atoms with Gasteiger partial charge in [-0.25, -0.2) is 0 Å². The number of thiophene rings is 1. The summed E-state index contributed by atoms with van der Waals surface area (Å²) >= 11 is 4.99. The Morgan fingerprint density at radius 1 is 1.47 bits per heavy atom. The second kappa shape index (κ2) is 5.65. The van der Waals surface area contributed by atoms with Crippen LogP contribution >= 0.6 is 27.3 Å². The van der Waals surface area contributed by atoms with Gasteiger partial charge in [0.1, 0.15) is 0 Å². The number of rotatable bonds is 4. The number of fused-ring (bicyclic) bond motifs is 1. The number of hydrogen-bond acceptors (Lipinski definition) is 2. The lowest BCUT2D eigenvalue weighted by molar-refractivity contribution is 0.0941. The summed E-state index contributed by atoms with van der Waals surface area (Å²) in [5, 5.41) is 6.89. The Kier molecular flexibility index (Phi) is 4.18. The third kappa shape index (κ3) is 2.87. The van der Waals surface area contributed by atoms with Crippen LogP contribution in [0.25, 0.3) is 10.1 Å². The summed E-state index contributed by atoms with van der Waals surface area (Å²) in [7, 11) is 0. The highest BCUT2D eigenvalue weighted by atomic mass is 79.9. The zero-order valence-electron chi connectivity index (χ0n) is 9.57. The Bertz CT molecular complexity index is 523. The first-order valence-corrected chi connectivity index (χ1v) is 7.55. The molecule has 1 unspecified atom stereocenters. The first kappa shape index (κ1) is 12.6. The van der Waals surface area contributed by atoms with Crippen molar-refractivity contribution >= 4 is 43.3 Å². The Balaban J connectivity index is 2.19. The highest BCUT2D eigenvalue weighted by Crippen LogP contribution is 2.25. The largest absolute Gasteiger partial charge is 0.350 e. The van der Waals surface area contributed by atoms with Gasteiger partial charge in [-0.1, -0.05) is 34.1 Å². The number of carbonyl (C=O) groups is 1. The molecule has 4 heteroatoms. The molecular formula is C13H14BrNOS. The summed E-state index contributed by atoms with van der Waals surface area (Å²) in [4.78, 5) is 12.1. The molecule has 17 heavy (non-hydrogen) atoms. The molecule has 2 rings (SSSR count). The van der Waals surface area contributed by atoms with Crippen LogP contribution in [-0.4, -0.2) is 17.3 Å². The number of halogens is 1. The van der Waals surface area contributed by atoms with Crippen molar-refractivity contribution in [1.29, 1.82) is 0 Å². The fourth-order valence-corrected chi connectivity index (χ4v) is 3.32. The minimum Gasteiger partial charge on any atom is -0.350 e. The van der Waals surface area contributed by atoms with Gasteiger partial charge in [-0.2, -0.15) is 0 Å². The van der Waals surface area contributed by atoms with E-state index in [2.05, 4.69) is 21.2 Å². The van der Waals surface area contributed by atoms with Crippen molar-refractivity contribution in [1.82, 2.24) is 5.32 Å². The lowest BCUT2D eigenvalue weighted by atomic mass is 10.1. The van der Waals surface area contributed by atoms with Gasteiger partial charge in [0.2, 0.25) is 0 Å². The lowest BCUT2D eigenvalue weighted by Crippen LogP contribution is -2.32. The molecule has 0 aliphatic carbocycles. The van der Waals surface area contributed by atoms with Crippen molar-refractivity contribution in [2.45, 2.75) is 19.4 Å². The van der Waals surface area contributed by atoms with Gasteiger partial charge in [0.25, 0.3) is 5.91 Å². The lowest BCUT2D eigenvalue weighted by Gasteiger charge is -2.11. The Hall–Kier alpha value is -0.870. The second-order valence-corrected chi connectivity index (χ2v) is 5.70. The highest BCUT2D eigenvalue weighted by Gasteiger charge is 2.13. The molecule has 0 saturated heterocycles. The smallest absolute Gasteiger partial charge is 0.252 e. The van der Waals surface area contributed by atoms with Gasteiger partial charge in [-0.3, -0.25) is 4.79 Å². The molecule has 2 nitrogen and oxygen atoms in total. The summed E-state index contributed by atoms with van der Waals surface area (Å²) in [6.45, 7) is 2.02. The van der Waals surface area contributed by atoms with Gasteiger partial charge in [-0.15, -0.1) is 11.3 Å². The Morgan fingerprint density at radius 2 is 2.24 bits per heavy atom. The molecule has 90 valence electrons. The molecule has 0 aliphatic heterocycles. The molecule has 0 aliphatic rings. The average molecular weight is 312 g/mol. The van der Waals surface area contributed by atoms with Crippen LogP contribution in [0.4, 0.5) is 0 Å². The van der Waals surface area contributed by atoms with E-state index in [0.717, 1.165) is 27.4 Å². The fraction of sp³-hybridized carbons (Fsp3) is 0.308. The van der Waals surface area contributed by atoms with E-state index in [4.69, 9.17) is 0 Å². The third-order valence-corrected chi connectivity index (χ3v) is 4.07. The maximum atomic E-state index is 12.1. The summed E-state index contributed by atoms with van der Waals surface area (Å²) in [6.07, 6.45) is 0.938. The minimum atomic E-state index is 0.0240. The topological polar surface area (TPSA) is 29.1 Å². The summed E-state index contributed by atoms with van der Waals surface area (Å²) in [5.41, 5.74) is 0.784. The van der Waals surface area contributed by atoms with E-state index < -0.39 is 0 Å². The first-order chi connectivity index (χ1) is 8.22. The van der Waals surface area contributed by atoms with Crippen LogP contribution < -0.4 is 5.32 Å². The monoisotopic (exact) mass is 311 g/mol. The number of benzene rings is 1. The van der Waals surface area contributed by atoms with Crippen LogP contribution in [0.1, 0.15) is 23.7 Å². The van der Waals surface area contributed by atoms with Gasteiger partial charge in [0.15, 0.2) is 0 Å². The van der Waals surface area contributed by atoms with Gasteiger partial charge in [0, 0.05) is 26.8 Å². The van der Waals surface area contributed by atoms with E-state index in [9.17, 15) is 4.79 Å². The Morgan fingerprint density at radius 3 is 3.00 bits per heavy atom. The molecule has 0 radical (unpaired) electrons. The van der Waals surface area contributed by atoms with E-state index in [-0.39, 0.29) is 11.9 Å². The van der Waals surface area contributed by atoms with Crippen LogP contribution in [-0.2, 0) is 0 Å². The number of nitrogens with one attached hydrogen (secondary N) is 1. The predicted octanol–water partition coefficient (Wildman–Crippen LogP) is 3.80. The van der Waals surface area contributed by atoms with E-state index in [0.29, 0.717) is 0 Å². The Labute approximate surface area is 113 Å².